The minimum absolute atomic E-state index is 0.156. The van der Waals surface area contributed by atoms with Crippen LogP contribution >= 0.6 is 0 Å². The third-order valence-corrected chi connectivity index (χ3v) is 3.84. The summed E-state index contributed by atoms with van der Waals surface area (Å²) < 4.78 is 10.3. The monoisotopic (exact) mass is 331 g/mol. The van der Waals surface area contributed by atoms with Gasteiger partial charge in [0.2, 0.25) is 5.75 Å². The van der Waals surface area contributed by atoms with E-state index in [0.29, 0.717) is 16.7 Å². The highest BCUT2D eigenvalue weighted by atomic mass is 16.6. The molecule has 0 fully saturated rings. The maximum atomic E-state index is 12.2. The van der Waals surface area contributed by atoms with Crippen molar-refractivity contribution in [3.63, 3.8) is 0 Å². The lowest BCUT2D eigenvalue weighted by Crippen LogP contribution is -2.20. The summed E-state index contributed by atoms with van der Waals surface area (Å²) in [6.07, 6.45) is -0.751. The smallest absolute Gasteiger partial charge is 0.417 e. The van der Waals surface area contributed by atoms with Crippen molar-refractivity contribution in [2.45, 2.75) is 0 Å². The molecule has 1 amide bonds. The zero-order valence-corrected chi connectivity index (χ0v) is 13.1. The molecule has 0 aliphatic heterocycles. The van der Waals surface area contributed by atoms with Crippen molar-refractivity contribution in [3.8, 4) is 5.75 Å². The first-order chi connectivity index (χ1) is 12.2. The molecule has 1 N–H and O–H groups in total. The van der Waals surface area contributed by atoms with Gasteiger partial charge in [0.15, 0.2) is 0 Å². The second kappa shape index (κ2) is 6.13. The van der Waals surface area contributed by atoms with Gasteiger partial charge in [-0.05, 0) is 23.6 Å². The van der Waals surface area contributed by atoms with E-state index >= 15 is 0 Å². The van der Waals surface area contributed by atoms with Gasteiger partial charge in [0.05, 0.1) is 5.69 Å². The first-order valence-electron chi connectivity index (χ1n) is 7.70. The molecule has 5 heteroatoms. The van der Waals surface area contributed by atoms with E-state index in [4.69, 9.17) is 9.15 Å². The molecule has 3 aromatic carbocycles. The number of hydrogen-bond donors (Lipinski definition) is 1. The van der Waals surface area contributed by atoms with Crippen LogP contribution in [0, 0.1) is 0 Å². The molecule has 1 aromatic heterocycles. The Hall–Kier alpha value is -3.60. The van der Waals surface area contributed by atoms with Crippen LogP contribution in [-0.4, -0.2) is 6.09 Å². The van der Waals surface area contributed by atoms with E-state index in [9.17, 15) is 9.59 Å². The SMILES string of the molecule is O=C(Nc1cccc2ccccc12)Oc1cc2ccccc2oc1=O. The van der Waals surface area contributed by atoms with Crippen molar-refractivity contribution in [2.24, 2.45) is 0 Å². The Labute approximate surface area is 142 Å². The zero-order valence-electron chi connectivity index (χ0n) is 13.1. The molecule has 0 spiro atoms. The van der Waals surface area contributed by atoms with E-state index < -0.39 is 11.7 Å². The van der Waals surface area contributed by atoms with Crippen LogP contribution in [0.3, 0.4) is 0 Å². The Kier molecular flexibility index (Phi) is 3.67. The van der Waals surface area contributed by atoms with Crippen LogP contribution in [0.4, 0.5) is 10.5 Å². The number of para-hydroxylation sites is 1. The first kappa shape index (κ1) is 15.0. The Morgan fingerprint density at radius 1 is 0.880 bits per heavy atom. The van der Waals surface area contributed by atoms with Gasteiger partial charge in [0.1, 0.15) is 5.58 Å². The van der Waals surface area contributed by atoms with Crippen LogP contribution in [0.25, 0.3) is 21.7 Å². The summed E-state index contributed by atoms with van der Waals surface area (Å²) in [5.41, 5.74) is 0.342. The van der Waals surface area contributed by atoms with E-state index in [-0.39, 0.29) is 5.75 Å². The van der Waals surface area contributed by atoms with Gasteiger partial charge >= 0.3 is 11.7 Å². The fourth-order valence-corrected chi connectivity index (χ4v) is 2.68. The number of carbonyl (C=O) groups is 1. The first-order valence-corrected chi connectivity index (χ1v) is 7.70. The van der Waals surface area contributed by atoms with E-state index in [2.05, 4.69) is 5.32 Å². The number of benzene rings is 3. The number of nitrogens with one attached hydrogen (secondary N) is 1. The maximum absolute atomic E-state index is 12.2. The van der Waals surface area contributed by atoms with E-state index in [1.807, 2.05) is 42.5 Å². The molecule has 1 heterocycles. The largest absolute Gasteiger partial charge is 0.420 e. The van der Waals surface area contributed by atoms with Gasteiger partial charge < -0.3 is 9.15 Å². The number of carbonyl (C=O) groups excluding carboxylic acids is 1. The lowest BCUT2D eigenvalue weighted by atomic mass is 10.1. The highest BCUT2D eigenvalue weighted by Gasteiger charge is 2.12. The lowest BCUT2D eigenvalue weighted by molar-refractivity contribution is 0.213. The van der Waals surface area contributed by atoms with Gasteiger partial charge in [-0.25, -0.2) is 9.59 Å². The highest BCUT2D eigenvalue weighted by molar-refractivity contribution is 6.00. The van der Waals surface area contributed by atoms with Crippen LogP contribution < -0.4 is 15.7 Å². The number of anilines is 1. The normalized spacial score (nSPS) is 10.7. The van der Waals surface area contributed by atoms with Crippen LogP contribution in [0.15, 0.2) is 82.0 Å². The number of fused-ring (bicyclic) bond motifs is 2. The van der Waals surface area contributed by atoms with Gasteiger partial charge in [-0.15, -0.1) is 0 Å². The van der Waals surface area contributed by atoms with E-state index in [1.54, 1.807) is 24.3 Å². The van der Waals surface area contributed by atoms with Crippen LogP contribution in [0.1, 0.15) is 0 Å². The summed E-state index contributed by atoms with van der Waals surface area (Å²) in [6.45, 7) is 0. The number of rotatable bonds is 2. The van der Waals surface area contributed by atoms with Crippen molar-refractivity contribution < 1.29 is 13.9 Å². The molecule has 5 nitrogen and oxygen atoms in total. The molecule has 122 valence electrons. The maximum Gasteiger partial charge on any atom is 0.417 e. The van der Waals surface area contributed by atoms with E-state index in [1.165, 1.54) is 6.07 Å². The minimum Gasteiger partial charge on any atom is -0.420 e. The summed E-state index contributed by atoms with van der Waals surface area (Å²) in [5.74, 6) is -0.156. The third-order valence-electron chi connectivity index (χ3n) is 3.84. The van der Waals surface area contributed by atoms with Gasteiger partial charge in [-0.1, -0.05) is 54.6 Å². The highest BCUT2D eigenvalue weighted by Crippen LogP contribution is 2.23. The predicted octanol–water partition coefficient (Wildman–Crippen LogP) is 4.56. The molecule has 0 aliphatic rings. The molecule has 0 saturated heterocycles. The quantitative estimate of drug-likeness (QED) is 0.547. The fraction of sp³-hybridized carbons (Fsp3) is 0. The molecule has 0 saturated carbocycles. The van der Waals surface area contributed by atoms with Gasteiger partial charge in [-0.3, -0.25) is 5.32 Å². The van der Waals surface area contributed by atoms with Crippen molar-refractivity contribution >= 4 is 33.5 Å². The predicted molar refractivity (Wildman–Crippen MR) is 96.1 cm³/mol. The lowest BCUT2D eigenvalue weighted by Gasteiger charge is -2.09. The minimum atomic E-state index is -0.751. The molecule has 4 rings (SSSR count). The van der Waals surface area contributed by atoms with Gasteiger partial charge in [0.25, 0.3) is 0 Å². The third kappa shape index (κ3) is 2.95. The molecular formula is C20H13NO4. The summed E-state index contributed by atoms with van der Waals surface area (Å²) in [6, 6.07) is 21.7. The van der Waals surface area contributed by atoms with Crippen LogP contribution in [0.5, 0.6) is 5.75 Å². The molecule has 0 bridgehead atoms. The summed E-state index contributed by atoms with van der Waals surface area (Å²) >= 11 is 0. The Balaban J connectivity index is 1.62. The molecule has 4 aromatic rings. The molecule has 0 atom stereocenters. The number of amides is 1. The van der Waals surface area contributed by atoms with Crippen LogP contribution in [-0.2, 0) is 0 Å². The Morgan fingerprint density at radius 3 is 2.48 bits per heavy atom. The number of hydrogen-bond acceptors (Lipinski definition) is 4. The van der Waals surface area contributed by atoms with Gasteiger partial charge in [0, 0.05) is 10.8 Å². The Morgan fingerprint density at radius 2 is 1.60 bits per heavy atom. The number of ether oxygens (including phenoxy) is 1. The summed E-state index contributed by atoms with van der Waals surface area (Å²) in [4.78, 5) is 24.2. The van der Waals surface area contributed by atoms with Crippen molar-refractivity contribution in [1.29, 1.82) is 0 Å². The van der Waals surface area contributed by atoms with Gasteiger partial charge in [-0.2, -0.15) is 0 Å². The van der Waals surface area contributed by atoms with Crippen molar-refractivity contribution in [1.82, 2.24) is 0 Å². The average molecular weight is 331 g/mol. The average Bonchev–Trinajstić information content (AvgIpc) is 2.63. The standard InChI is InChI=1S/C20H13NO4/c22-19-18(12-14-7-2-4-11-17(14)24-19)25-20(23)21-16-10-5-8-13-6-1-3-9-15(13)16/h1-12H,(H,21,23). The Bertz CT molecular complexity index is 1140. The summed E-state index contributed by atoms with van der Waals surface area (Å²) in [7, 11) is 0. The second-order valence-electron chi connectivity index (χ2n) is 5.48. The van der Waals surface area contributed by atoms with Crippen LogP contribution in [0.2, 0.25) is 0 Å². The molecule has 0 unspecified atom stereocenters. The van der Waals surface area contributed by atoms with Crippen molar-refractivity contribution in [3.05, 3.63) is 83.2 Å². The zero-order chi connectivity index (χ0) is 17.2. The molecule has 0 radical (unpaired) electrons. The topological polar surface area (TPSA) is 68.5 Å². The van der Waals surface area contributed by atoms with Crippen molar-refractivity contribution in [2.75, 3.05) is 5.32 Å². The fourth-order valence-electron chi connectivity index (χ4n) is 2.68. The van der Waals surface area contributed by atoms with E-state index in [0.717, 1.165) is 10.8 Å². The summed E-state index contributed by atoms with van der Waals surface area (Å²) in [5, 5.41) is 5.22. The molecule has 25 heavy (non-hydrogen) atoms. The second-order valence-corrected chi connectivity index (χ2v) is 5.48. The molecular weight excluding hydrogens is 318 g/mol. The molecule has 0 aliphatic carbocycles.